The molecule has 7 heteroatoms. The van der Waals surface area contributed by atoms with E-state index in [1.54, 1.807) is 34.4 Å². The molecule has 108 valence electrons. The molecule has 0 bridgehead atoms. The van der Waals surface area contributed by atoms with Crippen LogP contribution in [-0.4, -0.2) is 22.1 Å². The van der Waals surface area contributed by atoms with Crippen LogP contribution in [0.25, 0.3) is 20.4 Å². The second kappa shape index (κ2) is 5.23. The van der Waals surface area contributed by atoms with Gasteiger partial charge in [-0.05, 0) is 31.2 Å². The number of carbonyl (C=O) groups excluding carboxylic acids is 1. The Labute approximate surface area is 134 Å². The van der Waals surface area contributed by atoms with E-state index in [-0.39, 0.29) is 11.8 Å². The van der Waals surface area contributed by atoms with Crippen LogP contribution in [0.1, 0.15) is 19.3 Å². The predicted molar refractivity (Wildman–Crippen MR) is 90.5 cm³/mol. The van der Waals surface area contributed by atoms with Gasteiger partial charge in [-0.1, -0.05) is 29.5 Å². The van der Waals surface area contributed by atoms with E-state index in [1.807, 2.05) is 18.4 Å². The van der Waals surface area contributed by atoms with Gasteiger partial charge < -0.3 is 5.32 Å². The summed E-state index contributed by atoms with van der Waals surface area (Å²) in [4.78, 5) is 21.1. The van der Waals surface area contributed by atoms with E-state index in [0.29, 0.717) is 5.13 Å². The molecule has 0 unspecified atom stereocenters. The number of thiazole rings is 2. The Morgan fingerprint density at radius 3 is 2.62 bits per heavy atom. The van der Waals surface area contributed by atoms with Gasteiger partial charge in [-0.3, -0.25) is 4.79 Å². The van der Waals surface area contributed by atoms with Crippen LogP contribution in [0, 0.1) is 5.92 Å². The molecule has 1 aromatic carbocycles. The number of thioether (sulfide) groups is 1. The third kappa shape index (κ3) is 2.33. The smallest absolute Gasteiger partial charge is 0.229 e. The Bertz CT molecular complexity index is 835. The summed E-state index contributed by atoms with van der Waals surface area (Å²) in [5.41, 5.74) is 1.95. The van der Waals surface area contributed by atoms with Crippen LogP contribution < -0.4 is 5.32 Å². The molecule has 1 N–H and O–H groups in total. The molecule has 1 saturated carbocycles. The van der Waals surface area contributed by atoms with Crippen molar-refractivity contribution in [3.8, 4) is 0 Å². The Morgan fingerprint density at radius 2 is 1.95 bits per heavy atom. The third-order valence-electron chi connectivity index (χ3n) is 3.77. The van der Waals surface area contributed by atoms with E-state index in [1.165, 1.54) is 4.70 Å². The predicted octanol–water partition coefficient (Wildman–Crippen LogP) is 4.37. The van der Waals surface area contributed by atoms with Gasteiger partial charge in [0.2, 0.25) is 5.91 Å². The van der Waals surface area contributed by atoms with Gasteiger partial charge in [-0.2, -0.15) is 0 Å². The summed E-state index contributed by atoms with van der Waals surface area (Å²) in [7, 11) is 0. The number of aromatic nitrogens is 2. The average molecular weight is 335 g/mol. The summed E-state index contributed by atoms with van der Waals surface area (Å²) in [6, 6.07) is 3.99. The number of nitrogens with zero attached hydrogens (tertiary/aromatic N) is 2. The fraction of sp³-hybridized carbons (Fsp3) is 0.357. The van der Waals surface area contributed by atoms with Crippen molar-refractivity contribution in [2.24, 2.45) is 5.92 Å². The molecule has 4 rings (SSSR count). The number of rotatable bonds is 3. The number of amides is 1. The highest BCUT2D eigenvalue weighted by molar-refractivity contribution is 8.00. The number of benzene rings is 1. The van der Waals surface area contributed by atoms with Crippen molar-refractivity contribution in [1.29, 1.82) is 0 Å². The Balaban J connectivity index is 1.72. The van der Waals surface area contributed by atoms with Crippen molar-refractivity contribution in [2.75, 3.05) is 11.6 Å². The first-order valence-corrected chi connectivity index (χ1v) is 9.65. The van der Waals surface area contributed by atoms with Crippen LogP contribution in [0.4, 0.5) is 5.13 Å². The molecule has 3 aromatic rings. The van der Waals surface area contributed by atoms with Crippen molar-refractivity contribution < 1.29 is 4.79 Å². The topological polar surface area (TPSA) is 54.9 Å². The number of carbonyl (C=O) groups is 1. The van der Waals surface area contributed by atoms with E-state index in [2.05, 4.69) is 15.3 Å². The van der Waals surface area contributed by atoms with Gasteiger partial charge in [0.25, 0.3) is 0 Å². The first-order chi connectivity index (χ1) is 10.2. The lowest BCUT2D eigenvalue weighted by Crippen LogP contribution is -2.27. The molecule has 0 saturated heterocycles. The first kappa shape index (κ1) is 13.5. The quantitative estimate of drug-likeness (QED) is 0.722. The van der Waals surface area contributed by atoms with Crippen LogP contribution in [0.3, 0.4) is 0 Å². The molecular formula is C14H13N3OS3. The number of nitrogens with one attached hydrogen (secondary N) is 1. The van der Waals surface area contributed by atoms with Crippen LogP contribution in [-0.2, 0) is 4.79 Å². The van der Waals surface area contributed by atoms with Crippen molar-refractivity contribution in [3.05, 3.63) is 12.1 Å². The van der Waals surface area contributed by atoms with Crippen LogP contribution in [0.5, 0.6) is 0 Å². The standard InChI is InChI=1S/C14H13N3OS3/c1-19-14-16-9-6-5-8-10(11(9)21-14)20-13(15-8)17-12(18)7-3-2-4-7/h5-7H,2-4H2,1H3,(H,15,17,18). The minimum atomic E-state index is 0.116. The highest BCUT2D eigenvalue weighted by atomic mass is 32.2. The minimum Gasteiger partial charge on any atom is -0.302 e. The summed E-state index contributed by atoms with van der Waals surface area (Å²) in [6.07, 6.45) is 5.21. The average Bonchev–Trinajstić information content (AvgIpc) is 2.97. The van der Waals surface area contributed by atoms with E-state index in [4.69, 9.17) is 0 Å². The molecule has 4 nitrogen and oxygen atoms in total. The Hall–Kier alpha value is -1.18. The van der Waals surface area contributed by atoms with Gasteiger partial charge >= 0.3 is 0 Å². The molecule has 1 aliphatic rings. The first-order valence-electron chi connectivity index (χ1n) is 6.79. The minimum absolute atomic E-state index is 0.116. The van der Waals surface area contributed by atoms with Crippen molar-refractivity contribution in [1.82, 2.24) is 9.97 Å². The number of fused-ring (bicyclic) bond motifs is 3. The van der Waals surface area contributed by atoms with Gasteiger partial charge in [0.1, 0.15) is 0 Å². The zero-order valence-corrected chi connectivity index (χ0v) is 13.8. The maximum atomic E-state index is 12.0. The summed E-state index contributed by atoms with van der Waals surface area (Å²) in [5.74, 6) is 0.300. The van der Waals surface area contributed by atoms with Gasteiger partial charge in [-0.15, -0.1) is 11.3 Å². The fourth-order valence-corrected chi connectivity index (χ4v) is 5.03. The van der Waals surface area contributed by atoms with E-state index in [9.17, 15) is 4.79 Å². The second-order valence-corrected chi connectivity index (χ2v) is 8.13. The zero-order valence-electron chi connectivity index (χ0n) is 11.4. The molecule has 0 radical (unpaired) electrons. The van der Waals surface area contributed by atoms with E-state index in [0.717, 1.165) is 39.3 Å². The zero-order chi connectivity index (χ0) is 14.4. The lowest BCUT2D eigenvalue weighted by atomic mass is 9.85. The molecule has 1 aliphatic carbocycles. The molecule has 0 atom stereocenters. The van der Waals surface area contributed by atoms with Crippen LogP contribution in [0.15, 0.2) is 16.5 Å². The molecule has 1 amide bonds. The molecule has 1 fully saturated rings. The number of hydrogen-bond donors (Lipinski definition) is 1. The fourth-order valence-electron chi connectivity index (χ4n) is 2.37. The lowest BCUT2D eigenvalue weighted by molar-refractivity contribution is -0.122. The third-order valence-corrected chi connectivity index (χ3v) is 6.98. The molecular weight excluding hydrogens is 322 g/mol. The van der Waals surface area contributed by atoms with Crippen molar-refractivity contribution in [2.45, 2.75) is 23.6 Å². The molecule has 21 heavy (non-hydrogen) atoms. The van der Waals surface area contributed by atoms with Gasteiger partial charge in [0.15, 0.2) is 9.47 Å². The summed E-state index contributed by atoms with van der Waals surface area (Å²) in [6.45, 7) is 0. The second-order valence-electron chi connectivity index (χ2n) is 5.08. The number of hydrogen-bond acceptors (Lipinski definition) is 6. The SMILES string of the molecule is CSc1nc2ccc3nc(NC(=O)C4CCC4)sc3c2s1. The molecule has 0 aliphatic heterocycles. The normalized spacial score (nSPS) is 15.5. The molecule has 2 heterocycles. The molecule has 2 aromatic heterocycles. The van der Waals surface area contributed by atoms with Crippen molar-refractivity contribution >= 4 is 65.9 Å². The van der Waals surface area contributed by atoms with Crippen LogP contribution in [0.2, 0.25) is 0 Å². The van der Waals surface area contributed by atoms with Gasteiger partial charge in [0, 0.05) is 5.92 Å². The van der Waals surface area contributed by atoms with Gasteiger partial charge in [0.05, 0.1) is 20.4 Å². The summed E-state index contributed by atoms with van der Waals surface area (Å²) < 4.78 is 3.35. The largest absolute Gasteiger partial charge is 0.302 e. The summed E-state index contributed by atoms with van der Waals surface area (Å²) >= 11 is 4.90. The number of anilines is 1. The lowest BCUT2D eigenvalue weighted by Gasteiger charge is -2.23. The Morgan fingerprint density at radius 1 is 1.24 bits per heavy atom. The maximum absolute atomic E-state index is 12.0. The summed E-state index contributed by atoms with van der Waals surface area (Å²) in [5, 5.41) is 3.67. The molecule has 0 spiro atoms. The van der Waals surface area contributed by atoms with Crippen LogP contribution >= 0.6 is 34.4 Å². The monoisotopic (exact) mass is 335 g/mol. The van der Waals surface area contributed by atoms with E-state index < -0.39 is 0 Å². The Kier molecular flexibility index (Phi) is 3.35. The van der Waals surface area contributed by atoms with E-state index >= 15 is 0 Å². The highest BCUT2D eigenvalue weighted by Crippen LogP contribution is 2.38. The van der Waals surface area contributed by atoms with Crippen molar-refractivity contribution in [3.63, 3.8) is 0 Å². The highest BCUT2D eigenvalue weighted by Gasteiger charge is 2.26. The maximum Gasteiger partial charge on any atom is 0.229 e. The van der Waals surface area contributed by atoms with Gasteiger partial charge in [-0.25, -0.2) is 9.97 Å².